The molecule has 0 amide bonds. The Morgan fingerprint density at radius 1 is 1.20 bits per heavy atom. The predicted octanol–water partition coefficient (Wildman–Crippen LogP) is 2.49. The van der Waals surface area contributed by atoms with Gasteiger partial charge in [-0.05, 0) is 19.0 Å². The number of hydrogen-bond acceptors (Lipinski definition) is 2. The van der Waals surface area contributed by atoms with Crippen molar-refractivity contribution in [2.24, 2.45) is 0 Å². The lowest BCUT2D eigenvalue weighted by Crippen LogP contribution is -2.31. The predicted molar refractivity (Wildman–Crippen MR) is 66.2 cm³/mol. The molecule has 2 heteroatoms. The molecule has 0 radical (unpaired) electrons. The summed E-state index contributed by atoms with van der Waals surface area (Å²) in [6.45, 7) is 4.76. The third kappa shape index (κ3) is 6.26. The maximum Gasteiger partial charge on any atom is 0.0618 e. The summed E-state index contributed by atoms with van der Waals surface area (Å²) in [4.78, 5) is 0. The lowest BCUT2D eigenvalue weighted by molar-refractivity contribution is 0.169. The summed E-state index contributed by atoms with van der Waals surface area (Å²) >= 11 is 0. The van der Waals surface area contributed by atoms with Gasteiger partial charge in [-0.25, -0.2) is 0 Å². The molecule has 0 bridgehead atoms. The number of methoxy groups -OCH3 is 1. The fraction of sp³-hybridized carbons (Fsp3) is 0.538. The fourth-order valence-corrected chi connectivity index (χ4v) is 1.34. The van der Waals surface area contributed by atoms with Gasteiger partial charge in [0.05, 0.1) is 6.61 Å². The molecule has 0 fully saturated rings. The van der Waals surface area contributed by atoms with E-state index in [1.807, 2.05) is 27.0 Å². The quantitative estimate of drug-likeness (QED) is 0.804. The fourth-order valence-electron chi connectivity index (χ4n) is 1.34. The van der Waals surface area contributed by atoms with Gasteiger partial charge >= 0.3 is 0 Å². The maximum atomic E-state index is 5.10. The average Bonchev–Trinajstić information content (AvgIpc) is 2.32. The SMILES string of the molecule is CC.CNC(COC)Cc1ccccc1. The van der Waals surface area contributed by atoms with Crippen molar-refractivity contribution in [2.45, 2.75) is 26.3 Å². The number of rotatable bonds is 5. The molecule has 0 aliphatic heterocycles. The van der Waals surface area contributed by atoms with E-state index in [2.05, 4.69) is 29.6 Å². The summed E-state index contributed by atoms with van der Waals surface area (Å²) < 4.78 is 5.10. The summed E-state index contributed by atoms with van der Waals surface area (Å²) in [5.74, 6) is 0. The van der Waals surface area contributed by atoms with Crippen molar-refractivity contribution in [3.05, 3.63) is 35.9 Å². The van der Waals surface area contributed by atoms with Crippen LogP contribution in [0.15, 0.2) is 30.3 Å². The Kier molecular flexibility index (Phi) is 9.13. The lowest BCUT2D eigenvalue weighted by atomic mass is 10.1. The molecule has 2 nitrogen and oxygen atoms in total. The van der Waals surface area contributed by atoms with Gasteiger partial charge in [-0.15, -0.1) is 0 Å². The van der Waals surface area contributed by atoms with Crippen molar-refractivity contribution < 1.29 is 4.74 Å². The minimum atomic E-state index is 0.410. The van der Waals surface area contributed by atoms with Crippen LogP contribution in [-0.4, -0.2) is 26.8 Å². The molecular weight excluding hydrogens is 186 g/mol. The molecule has 0 aromatic heterocycles. The van der Waals surface area contributed by atoms with E-state index in [1.165, 1.54) is 5.56 Å². The summed E-state index contributed by atoms with van der Waals surface area (Å²) in [5.41, 5.74) is 1.35. The van der Waals surface area contributed by atoms with Crippen LogP contribution in [0.3, 0.4) is 0 Å². The first kappa shape index (κ1) is 14.1. The standard InChI is InChI=1S/C11H17NO.C2H6/c1-12-11(9-13-2)8-10-6-4-3-5-7-10;1-2/h3-7,11-12H,8-9H2,1-2H3;1-2H3. The number of ether oxygens (including phenoxy) is 1. The van der Waals surface area contributed by atoms with Gasteiger partial charge in [0.2, 0.25) is 0 Å². The first-order chi connectivity index (χ1) is 7.36. The number of nitrogens with one attached hydrogen (secondary N) is 1. The Bertz CT molecular complexity index is 223. The Morgan fingerprint density at radius 2 is 1.80 bits per heavy atom. The van der Waals surface area contributed by atoms with E-state index in [1.54, 1.807) is 7.11 Å². The highest BCUT2D eigenvalue weighted by Crippen LogP contribution is 2.02. The van der Waals surface area contributed by atoms with Crippen molar-refractivity contribution in [3.63, 3.8) is 0 Å². The third-order valence-corrected chi connectivity index (χ3v) is 2.10. The molecule has 0 saturated heterocycles. The van der Waals surface area contributed by atoms with Crippen LogP contribution in [0, 0.1) is 0 Å². The largest absolute Gasteiger partial charge is 0.383 e. The highest BCUT2D eigenvalue weighted by atomic mass is 16.5. The number of likely N-dealkylation sites (N-methyl/N-ethyl adjacent to an activating group) is 1. The first-order valence-corrected chi connectivity index (χ1v) is 5.57. The summed E-state index contributed by atoms with van der Waals surface area (Å²) in [7, 11) is 3.70. The number of hydrogen-bond donors (Lipinski definition) is 1. The van der Waals surface area contributed by atoms with Crippen LogP contribution >= 0.6 is 0 Å². The smallest absolute Gasteiger partial charge is 0.0618 e. The molecule has 15 heavy (non-hydrogen) atoms. The highest BCUT2D eigenvalue weighted by molar-refractivity contribution is 5.15. The summed E-state index contributed by atoms with van der Waals surface area (Å²) in [5, 5.41) is 3.23. The van der Waals surface area contributed by atoms with E-state index >= 15 is 0 Å². The average molecular weight is 209 g/mol. The molecular formula is C13H23NO. The second-order valence-corrected chi connectivity index (χ2v) is 3.13. The van der Waals surface area contributed by atoms with Crippen molar-refractivity contribution in [1.82, 2.24) is 5.32 Å². The molecule has 0 spiro atoms. The van der Waals surface area contributed by atoms with Crippen LogP contribution in [0.2, 0.25) is 0 Å². The van der Waals surface area contributed by atoms with Crippen molar-refractivity contribution >= 4 is 0 Å². The minimum absolute atomic E-state index is 0.410. The Hall–Kier alpha value is -0.860. The Morgan fingerprint density at radius 3 is 2.27 bits per heavy atom. The van der Waals surface area contributed by atoms with Gasteiger partial charge in [-0.3, -0.25) is 0 Å². The van der Waals surface area contributed by atoms with Gasteiger partial charge in [0.15, 0.2) is 0 Å². The molecule has 1 N–H and O–H groups in total. The molecule has 0 saturated carbocycles. The normalized spacial score (nSPS) is 11.5. The first-order valence-electron chi connectivity index (χ1n) is 5.57. The van der Waals surface area contributed by atoms with Gasteiger partial charge in [0, 0.05) is 13.2 Å². The maximum absolute atomic E-state index is 5.10. The zero-order valence-electron chi connectivity index (χ0n) is 10.3. The molecule has 1 unspecified atom stereocenters. The third-order valence-electron chi connectivity index (χ3n) is 2.10. The second-order valence-electron chi connectivity index (χ2n) is 3.13. The van der Waals surface area contributed by atoms with E-state index in [0.717, 1.165) is 13.0 Å². The zero-order chi connectivity index (χ0) is 11.5. The van der Waals surface area contributed by atoms with E-state index in [0.29, 0.717) is 6.04 Å². The van der Waals surface area contributed by atoms with Crippen molar-refractivity contribution in [2.75, 3.05) is 20.8 Å². The van der Waals surface area contributed by atoms with Gasteiger partial charge in [-0.1, -0.05) is 44.2 Å². The lowest BCUT2D eigenvalue weighted by Gasteiger charge is -2.14. The van der Waals surface area contributed by atoms with E-state index in [4.69, 9.17) is 4.74 Å². The molecule has 1 aromatic carbocycles. The van der Waals surface area contributed by atoms with E-state index in [9.17, 15) is 0 Å². The summed E-state index contributed by atoms with van der Waals surface area (Å²) in [6, 6.07) is 10.9. The summed E-state index contributed by atoms with van der Waals surface area (Å²) in [6.07, 6.45) is 1.02. The van der Waals surface area contributed by atoms with Crippen LogP contribution in [0.1, 0.15) is 19.4 Å². The molecule has 0 aliphatic carbocycles. The Labute approximate surface area is 93.7 Å². The van der Waals surface area contributed by atoms with Crippen LogP contribution in [-0.2, 0) is 11.2 Å². The van der Waals surface area contributed by atoms with Crippen LogP contribution in [0.25, 0.3) is 0 Å². The molecule has 1 rings (SSSR count). The van der Waals surface area contributed by atoms with Gasteiger partial charge in [-0.2, -0.15) is 0 Å². The number of benzene rings is 1. The van der Waals surface area contributed by atoms with Crippen molar-refractivity contribution in [1.29, 1.82) is 0 Å². The Balaban J connectivity index is 0.000000921. The van der Waals surface area contributed by atoms with Crippen LogP contribution < -0.4 is 5.32 Å². The van der Waals surface area contributed by atoms with Gasteiger partial charge in [0.25, 0.3) is 0 Å². The van der Waals surface area contributed by atoms with Crippen LogP contribution in [0.5, 0.6) is 0 Å². The van der Waals surface area contributed by atoms with E-state index in [-0.39, 0.29) is 0 Å². The zero-order valence-corrected chi connectivity index (χ0v) is 10.3. The molecule has 86 valence electrons. The topological polar surface area (TPSA) is 21.3 Å². The van der Waals surface area contributed by atoms with Crippen molar-refractivity contribution in [3.8, 4) is 0 Å². The van der Waals surface area contributed by atoms with E-state index < -0.39 is 0 Å². The van der Waals surface area contributed by atoms with Crippen LogP contribution in [0.4, 0.5) is 0 Å². The van der Waals surface area contributed by atoms with Gasteiger partial charge < -0.3 is 10.1 Å². The molecule has 1 aromatic rings. The second kappa shape index (κ2) is 9.69. The molecule has 0 aliphatic rings. The minimum Gasteiger partial charge on any atom is -0.383 e. The highest BCUT2D eigenvalue weighted by Gasteiger charge is 2.05. The molecule has 0 heterocycles. The van der Waals surface area contributed by atoms with Gasteiger partial charge in [0.1, 0.15) is 0 Å². The molecule has 1 atom stereocenters. The monoisotopic (exact) mass is 209 g/mol.